The van der Waals surface area contributed by atoms with Gasteiger partial charge in [-0.05, 0) is 25.5 Å². The van der Waals surface area contributed by atoms with Gasteiger partial charge in [0.2, 0.25) is 0 Å². The van der Waals surface area contributed by atoms with Crippen LogP contribution in [0, 0.1) is 0 Å². The zero-order valence-corrected chi connectivity index (χ0v) is 11.4. The third kappa shape index (κ3) is 2.68. The molecule has 0 radical (unpaired) electrons. The lowest BCUT2D eigenvalue weighted by Crippen LogP contribution is -2.25. The summed E-state index contributed by atoms with van der Waals surface area (Å²) in [6.45, 7) is 3.54. The summed E-state index contributed by atoms with van der Waals surface area (Å²) < 4.78 is 0. The number of nitrogens with one attached hydrogen (secondary N) is 1. The van der Waals surface area contributed by atoms with Crippen LogP contribution >= 0.6 is 11.6 Å². The van der Waals surface area contributed by atoms with Crippen molar-refractivity contribution in [3.05, 3.63) is 22.7 Å². The first-order valence-corrected chi connectivity index (χ1v) is 6.64. The molecular formula is C13H17ClN2O3. The van der Waals surface area contributed by atoms with Crippen LogP contribution < -0.4 is 10.2 Å². The maximum Gasteiger partial charge on any atom is 0.257 e. The van der Waals surface area contributed by atoms with Crippen molar-refractivity contribution < 1.29 is 15.0 Å². The maximum absolute atomic E-state index is 11.4. The molecule has 0 spiro atoms. The molecule has 19 heavy (non-hydrogen) atoms. The van der Waals surface area contributed by atoms with Crippen molar-refractivity contribution in [2.75, 3.05) is 29.9 Å². The van der Waals surface area contributed by atoms with E-state index < -0.39 is 12.0 Å². The number of nitrogens with zero attached hydrogens (tertiary/aromatic N) is 1. The van der Waals surface area contributed by atoms with Crippen molar-refractivity contribution in [2.24, 2.45) is 0 Å². The van der Waals surface area contributed by atoms with E-state index in [1.807, 2.05) is 11.8 Å². The van der Waals surface area contributed by atoms with Gasteiger partial charge in [-0.2, -0.15) is 0 Å². The molecular weight excluding hydrogens is 268 g/mol. The van der Waals surface area contributed by atoms with Gasteiger partial charge in [0.15, 0.2) is 6.10 Å². The zero-order chi connectivity index (χ0) is 14.0. The number of halogens is 1. The Bertz CT molecular complexity index is 493. The number of benzene rings is 1. The van der Waals surface area contributed by atoms with Crippen molar-refractivity contribution in [1.29, 1.82) is 0 Å². The second-order valence-electron chi connectivity index (χ2n) is 4.44. The van der Waals surface area contributed by atoms with E-state index >= 15 is 0 Å². The fraction of sp³-hybridized carbons (Fsp3) is 0.462. The van der Waals surface area contributed by atoms with Gasteiger partial charge in [-0.25, -0.2) is 0 Å². The van der Waals surface area contributed by atoms with Gasteiger partial charge in [-0.3, -0.25) is 4.79 Å². The summed E-state index contributed by atoms with van der Waals surface area (Å²) in [4.78, 5) is 13.4. The van der Waals surface area contributed by atoms with Gasteiger partial charge in [0.1, 0.15) is 0 Å². The Balaban J connectivity index is 2.32. The van der Waals surface area contributed by atoms with E-state index in [9.17, 15) is 9.90 Å². The average molecular weight is 285 g/mol. The summed E-state index contributed by atoms with van der Waals surface area (Å²) in [7, 11) is 0. The normalized spacial score (nSPS) is 17.3. The molecule has 1 aromatic rings. The van der Waals surface area contributed by atoms with E-state index in [1.54, 1.807) is 12.1 Å². The first-order valence-electron chi connectivity index (χ1n) is 6.26. The van der Waals surface area contributed by atoms with Crippen molar-refractivity contribution in [3.63, 3.8) is 0 Å². The molecule has 1 atom stereocenters. The molecule has 104 valence electrons. The van der Waals surface area contributed by atoms with Crippen LogP contribution in [-0.4, -0.2) is 35.8 Å². The number of hydrogen-bond acceptors (Lipinski definition) is 4. The standard InChI is InChI=1S/C13H17ClN2O3/c1-2-16(4-3-5-17)11-7-10-8(6-9(11)14)12(18)13(19)15-10/h6-7,12,17-18H,2-5H2,1H3,(H,15,19). The average Bonchev–Trinajstić information content (AvgIpc) is 2.66. The number of fused-ring (bicyclic) bond motifs is 1. The van der Waals surface area contributed by atoms with Crippen molar-refractivity contribution in [3.8, 4) is 0 Å². The zero-order valence-electron chi connectivity index (χ0n) is 10.7. The lowest BCUT2D eigenvalue weighted by Gasteiger charge is -2.24. The van der Waals surface area contributed by atoms with Gasteiger partial charge in [0, 0.05) is 30.9 Å². The predicted molar refractivity (Wildman–Crippen MR) is 74.6 cm³/mol. The number of amides is 1. The molecule has 3 N–H and O–H groups in total. The predicted octanol–water partition coefficient (Wildman–Crippen LogP) is 1.53. The minimum atomic E-state index is -1.14. The van der Waals surface area contributed by atoms with Gasteiger partial charge in [0.25, 0.3) is 5.91 Å². The highest BCUT2D eigenvalue weighted by molar-refractivity contribution is 6.33. The Kier molecular flexibility index (Phi) is 4.29. The minimum Gasteiger partial charge on any atom is -0.396 e. The van der Waals surface area contributed by atoms with E-state index in [4.69, 9.17) is 16.7 Å². The largest absolute Gasteiger partial charge is 0.396 e. The number of hydrogen-bond donors (Lipinski definition) is 3. The second-order valence-corrected chi connectivity index (χ2v) is 4.85. The monoisotopic (exact) mass is 284 g/mol. The van der Waals surface area contributed by atoms with Crippen LogP contribution in [0.4, 0.5) is 11.4 Å². The molecule has 0 saturated heterocycles. The van der Waals surface area contributed by atoms with E-state index in [2.05, 4.69) is 5.32 Å². The third-order valence-electron chi connectivity index (χ3n) is 3.23. The number of rotatable bonds is 5. The number of aliphatic hydroxyl groups is 2. The Morgan fingerprint density at radius 2 is 2.21 bits per heavy atom. The summed E-state index contributed by atoms with van der Waals surface area (Å²) in [5, 5.41) is 21.7. The van der Waals surface area contributed by atoms with Gasteiger partial charge in [-0.1, -0.05) is 11.6 Å². The van der Waals surface area contributed by atoms with Crippen molar-refractivity contribution >= 4 is 28.9 Å². The van der Waals surface area contributed by atoms with Crippen molar-refractivity contribution in [2.45, 2.75) is 19.4 Å². The molecule has 1 unspecified atom stereocenters. The summed E-state index contributed by atoms with van der Waals surface area (Å²) in [5.74, 6) is -0.429. The SMILES string of the molecule is CCN(CCCO)c1cc2c(cc1Cl)C(O)C(=O)N2. The molecule has 0 aromatic heterocycles. The van der Waals surface area contributed by atoms with Gasteiger partial charge in [0.05, 0.1) is 10.7 Å². The van der Waals surface area contributed by atoms with E-state index in [1.165, 1.54) is 0 Å². The Morgan fingerprint density at radius 3 is 2.84 bits per heavy atom. The quantitative estimate of drug-likeness (QED) is 0.767. The van der Waals surface area contributed by atoms with Crippen molar-refractivity contribution in [1.82, 2.24) is 0 Å². The highest BCUT2D eigenvalue weighted by Gasteiger charge is 2.30. The molecule has 5 nitrogen and oxygen atoms in total. The summed E-state index contributed by atoms with van der Waals surface area (Å²) in [5.41, 5.74) is 1.90. The molecule has 0 saturated carbocycles. The van der Waals surface area contributed by atoms with Crippen LogP contribution in [0.15, 0.2) is 12.1 Å². The minimum absolute atomic E-state index is 0.120. The maximum atomic E-state index is 11.4. The fourth-order valence-electron chi connectivity index (χ4n) is 2.21. The van der Waals surface area contributed by atoms with Gasteiger partial charge in [-0.15, -0.1) is 0 Å². The number of anilines is 2. The Labute approximate surface area is 116 Å². The molecule has 1 aromatic carbocycles. The summed E-state index contributed by atoms with van der Waals surface area (Å²) in [6.07, 6.45) is -0.495. The van der Waals surface area contributed by atoms with Crippen LogP contribution in [0.1, 0.15) is 25.0 Å². The van der Waals surface area contributed by atoms with E-state index in [0.29, 0.717) is 29.2 Å². The topological polar surface area (TPSA) is 72.8 Å². The molecule has 6 heteroatoms. The van der Waals surface area contributed by atoms with Crippen LogP contribution in [0.3, 0.4) is 0 Å². The summed E-state index contributed by atoms with van der Waals surface area (Å²) >= 11 is 6.22. The highest BCUT2D eigenvalue weighted by atomic mass is 35.5. The smallest absolute Gasteiger partial charge is 0.257 e. The molecule has 0 bridgehead atoms. The first-order chi connectivity index (χ1) is 9.08. The van der Waals surface area contributed by atoms with Crippen LogP contribution in [0.5, 0.6) is 0 Å². The number of aliphatic hydroxyl groups excluding tert-OH is 2. The molecule has 0 fully saturated rings. The van der Waals surface area contributed by atoms with Gasteiger partial charge >= 0.3 is 0 Å². The molecule has 0 aliphatic carbocycles. The Morgan fingerprint density at radius 1 is 1.47 bits per heavy atom. The Hall–Kier alpha value is -1.30. The summed E-state index contributed by atoms with van der Waals surface area (Å²) in [6, 6.07) is 3.39. The lowest BCUT2D eigenvalue weighted by atomic mass is 10.1. The second kappa shape index (κ2) is 5.77. The molecule has 1 heterocycles. The van der Waals surface area contributed by atoms with Crippen LogP contribution in [0.25, 0.3) is 0 Å². The molecule has 1 amide bonds. The first kappa shape index (κ1) is 14.1. The number of carbonyl (C=O) groups is 1. The third-order valence-corrected chi connectivity index (χ3v) is 3.53. The lowest BCUT2D eigenvalue weighted by molar-refractivity contribution is -0.123. The van der Waals surface area contributed by atoms with E-state index in [0.717, 1.165) is 12.2 Å². The fourth-order valence-corrected chi connectivity index (χ4v) is 2.50. The molecule has 1 aliphatic rings. The van der Waals surface area contributed by atoms with Crippen LogP contribution in [-0.2, 0) is 4.79 Å². The van der Waals surface area contributed by atoms with Crippen LogP contribution in [0.2, 0.25) is 5.02 Å². The molecule has 1 aliphatic heterocycles. The van der Waals surface area contributed by atoms with Gasteiger partial charge < -0.3 is 20.4 Å². The number of carbonyl (C=O) groups excluding carboxylic acids is 1. The molecule has 2 rings (SSSR count). The highest BCUT2D eigenvalue weighted by Crippen LogP contribution is 2.38. The van der Waals surface area contributed by atoms with E-state index in [-0.39, 0.29) is 6.61 Å².